The number of nitrogens with zero attached hydrogens (tertiary/aromatic N) is 1. The fraction of sp³-hybridized carbons (Fsp3) is 0.789. The van der Waals surface area contributed by atoms with Crippen LogP contribution in [0.3, 0.4) is 0 Å². The molecular weight excluding hydrogens is 290 g/mol. The minimum absolute atomic E-state index is 0.0987. The topological polar surface area (TPSA) is 46.6 Å². The summed E-state index contributed by atoms with van der Waals surface area (Å²) in [4.78, 5) is 27.4. The highest BCUT2D eigenvalue weighted by Gasteiger charge is 2.52. The Hall–Kier alpha value is -1.32. The highest BCUT2D eigenvalue weighted by molar-refractivity contribution is 5.82. The zero-order chi connectivity index (χ0) is 16.9. The van der Waals surface area contributed by atoms with Crippen molar-refractivity contribution in [3.63, 3.8) is 0 Å². The van der Waals surface area contributed by atoms with E-state index in [0.29, 0.717) is 0 Å². The van der Waals surface area contributed by atoms with E-state index in [2.05, 4.69) is 6.58 Å². The van der Waals surface area contributed by atoms with Gasteiger partial charge >= 0.3 is 5.97 Å². The third kappa shape index (κ3) is 3.61. The molecule has 1 saturated carbocycles. The Bertz CT molecular complexity index is 442. The van der Waals surface area contributed by atoms with Crippen LogP contribution < -0.4 is 0 Å². The summed E-state index contributed by atoms with van der Waals surface area (Å²) in [6, 6.07) is 0. The van der Waals surface area contributed by atoms with E-state index < -0.39 is 5.41 Å². The van der Waals surface area contributed by atoms with Crippen LogP contribution in [-0.4, -0.2) is 37.0 Å². The lowest BCUT2D eigenvalue weighted by atomic mass is 9.68. The van der Waals surface area contributed by atoms with Gasteiger partial charge in [0.05, 0.1) is 12.5 Å². The molecule has 0 aromatic heterocycles. The molecule has 2 rings (SSSR count). The molecule has 4 heteroatoms. The summed E-state index contributed by atoms with van der Waals surface area (Å²) in [6.07, 6.45) is 9.53. The lowest BCUT2D eigenvalue weighted by molar-refractivity contribution is -0.158. The van der Waals surface area contributed by atoms with Gasteiger partial charge < -0.3 is 9.64 Å². The van der Waals surface area contributed by atoms with Crippen molar-refractivity contribution in [1.82, 2.24) is 4.90 Å². The second-order valence-corrected chi connectivity index (χ2v) is 7.15. The molecule has 2 aliphatic rings. The van der Waals surface area contributed by atoms with Crippen molar-refractivity contribution in [1.29, 1.82) is 0 Å². The number of esters is 1. The predicted molar refractivity (Wildman–Crippen MR) is 90.8 cm³/mol. The maximum atomic E-state index is 12.8. The normalized spacial score (nSPS) is 28.6. The van der Waals surface area contributed by atoms with Gasteiger partial charge in [0.15, 0.2) is 0 Å². The summed E-state index contributed by atoms with van der Waals surface area (Å²) >= 11 is 0. The number of ether oxygens (including phenoxy) is 1. The van der Waals surface area contributed by atoms with Crippen molar-refractivity contribution < 1.29 is 14.3 Å². The van der Waals surface area contributed by atoms with Gasteiger partial charge in [0, 0.05) is 19.0 Å². The molecule has 23 heavy (non-hydrogen) atoms. The number of hydrogen-bond acceptors (Lipinski definition) is 3. The molecule has 0 N–H and O–H groups in total. The second-order valence-electron chi connectivity index (χ2n) is 7.15. The minimum Gasteiger partial charge on any atom is -0.469 e. The number of hydrogen-bond donors (Lipinski definition) is 0. The Balaban J connectivity index is 2.16. The molecular formula is C19H31NO3. The summed E-state index contributed by atoms with van der Waals surface area (Å²) < 4.78 is 5.16. The van der Waals surface area contributed by atoms with Crippen LogP contribution in [0.1, 0.15) is 58.3 Å². The van der Waals surface area contributed by atoms with Crippen LogP contribution in [0.2, 0.25) is 0 Å². The Morgan fingerprint density at radius 2 is 2.04 bits per heavy atom. The Morgan fingerprint density at radius 3 is 2.65 bits per heavy atom. The van der Waals surface area contributed by atoms with Gasteiger partial charge in [-0.25, -0.2) is 0 Å². The van der Waals surface area contributed by atoms with Crippen molar-refractivity contribution in [3.05, 3.63) is 12.7 Å². The number of amides is 1. The van der Waals surface area contributed by atoms with Crippen LogP contribution in [-0.2, 0) is 14.3 Å². The van der Waals surface area contributed by atoms with E-state index in [1.165, 1.54) is 7.11 Å². The molecule has 0 radical (unpaired) electrons. The van der Waals surface area contributed by atoms with Crippen LogP contribution in [0, 0.1) is 17.3 Å². The highest BCUT2D eigenvalue weighted by atomic mass is 16.5. The molecule has 0 aromatic rings. The highest BCUT2D eigenvalue weighted by Crippen LogP contribution is 2.51. The van der Waals surface area contributed by atoms with E-state index in [1.54, 1.807) is 0 Å². The van der Waals surface area contributed by atoms with Gasteiger partial charge in [0.2, 0.25) is 5.91 Å². The number of allylic oxidation sites excluding steroid dienone is 1. The fourth-order valence-corrected chi connectivity index (χ4v) is 4.66. The summed E-state index contributed by atoms with van der Waals surface area (Å²) in [7, 11) is 1.47. The summed E-state index contributed by atoms with van der Waals surface area (Å²) in [5, 5.41) is 0. The number of unbranched alkanes of at least 4 members (excludes halogenated alkanes) is 1. The third-order valence-corrected chi connectivity index (χ3v) is 5.88. The molecule has 0 aromatic carbocycles. The third-order valence-electron chi connectivity index (χ3n) is 5.88. The molecule has 1 aliphatic heterocycles. The smallest absolute Gasteiger partial charge is 0.312 e. The second kappa shape index (κ2) is 7.98. The van der Waals surface area contributed by atoms with Gasteiger partial charge in [-0.1, -0.05) is 19.4 Å². The van der Waals surface area contributed by atoms with E-state index in [0.717, 1.165) is 64.5 Å². The maximum Gasteiger partial charge on any atom is 0.312 e. The Labute approximate surface area is 140 Å². The van der Waals surface area contributed by atoms with E-state index >= 15 is 0 Å². The number of carbonyl (C=O) groups excluding carboxylic acids is 2. The monoisotopic (exact) mass is 321 g/mol. The average Bonchev–Trinajstić information content (AvgIpc) is 3.23. The molecule has 1 saturated heterocycles. The molecule has 0 bridgehead atoms. The Morgan fingerprint density at radius 1 is 1.35 bits per heavy atom. The molecule has 130 valence electrons. The molecule has 1 amide bonds. The average molecular weight is 321 g/mol. The first-order valence-electron chi connectivity index (χ1n) is 9.05. The van der Waals surface area contributed by atoms with E-state index in [4.69, 9.17) is 4.74 Å². The Kier molecular flexibility index (Phi) is 6.25. The van der Waals surface area contributed by atoms with Crippen molar-refractivity contribution in [2.75, 3.05) is 20.2 Å². The predicted octanol–water partition coefficient (Wildman–Crippen LogP) is 3.56. The zero-order valence-electron chi connectivity index (χ0n) is 14.7. The standard InChI is InChI=1S/C19H31NO3/c1-4-5-6-11-19(18(22)23-3)12-9-10-16(19)15(2)17(21)20-13-7-8-14-20/h4,15-16H,1,5-14H2,2-3H3. The van der Waals surface area contributed by atoms with Crippen molar-refractivity contribution in [3.8, 4) is 0 Å². The first-order valence-corrected chi connectivity index (χ1v) is 9.05. The minimum atomic E-state index is -0.480. The van der Waals surface area contributed by atoms with Crippen molar-refractivity contribution in [2.45, 2.75) is 58.3 Å². The molecule has 3 unspecified atom stereocenters. The van der Waals surface area contributed by atoms with Crippen LogP contribution in [0.5, 0.6) is 0 Å². The van der Waals surface area contributed by atoms with Gasteiger partial charge in [0.25, 0.3) is 0 Å². The van der Waals surface area contributed by atoms with Gasteiger partial charge in [-0.3, -0.25) is 9.59 Å². The summed E-state index contributed by atoms with van der Waals surface area (Å²) in [5.41, 5.74) is -0.480. The quantitative estimate of drug-likeness (QED) is 0.409. The van der Waals surface area contributed by atoms with E-state index in [-0.39, 0.29) is 23.7 Å². The van der Waals surface area contributed by atoms with Crippen LogP contribution >= 0.6 is 0 Å². The number of methoxy groups -OCH3 is 1. The van der Waals surface area contributed by atoms with Gasteiger partial charge in [-0.2, -0.15) is 0 Å². The van der Waals surface area contributed by atoms with Crippen LogP contribution in [0.15, 0.2) is 12.7 Å². The van der Waals surface area contributed by atoms with Gasteiger partial charge in [0.1, 0.15) is 0 Å². The number of likely N-dealkylation sites (tertiary alicyclic amines) is 1. The molecule has 1 aliphatic carbocycles. The van der Waals surface area contributed by atoms with Crippen LogP contribution in [0.25, 0.3) is 0 Å². The largest absolute Gasteiger partial charge is 0.469 e. The maximum absolute atomic E-state index is 12.8. The lowest BCUT2D eigenvalue weighted by Gasteiger charge is -2.37. The molecule has 3 atom stereocenters. The van der Waals surface area contributed by atoms with Crippen molar-refractivity contribution >= 4 is 11.9 Å². The van der Waals surface area contributed by atoms with Gasteiger partial charge in [-0.15, -0.1) is 6.58 Å². The molecule has 2 fully saturated rings. The molecule has 0 spiro atoms. The summed E-state index contributed by atoms with van der Waals surface area (Å²) in [6.45, 7) is 7.53. The zero-order valence-corrected chi connectivity index (χ0v) is 14.7. The first kappa shape index (κ1) is 18.0. The SMILES string of the molecule is C=CCCCC1(C(=O)OC)CCCC1C(C)C(=O)N1CCCC1. The van der Waals surface area contributed by atoms with Crippen molar-refractivity contribution in [2.24, 2.45) is 17.3 Å². The number of rotatable bonds is 7. The fourth-order valence-electron chi connectivity index (χ4n) is 4.66. The molecule has 4 nitrogen and oxygen atoms in total. The number of carbonyl (C=O) groups is 2. The lowest BCUT2D eigenvalue weighted by Crippen LogP contribution is -2.44. The van der Waals surface area contributed by atoms with E-state index in [1.807, 2.05) is 17.9 Å². The molecule has 1 heterocycles. The summed E-state index contributed by atoms with van der Waals surface area (Å²) in [5.74, 6) is 0.114. The van der Waals surface area contributed by atoms with Gasteiger partial charge in [-0.05, 0) is 50.9 Å². The van der Waals surface area contributed by atoms with Crippen LogP contribution in [0.4, 0.5) is 0 Å². The first-order chi connectivity index (χ1) is 11.1. The van der Waals surface area contributed by atoms with E-state index in [9.17, 15) is 9.59 Å².